The van der Waals surface area contributed by atoms with E-state index in [4.69, 9.17) is 0 Å². The first kappa shape index (κ1) is 14.4. The molecule has 1 aromatic heterocycles. The van der Waals surface area contributed by atoms with Gasteiger partial charge in [-0.15, -0.1) is 0 Å². The lowest BCUT2D eigenvalue weighted by molar-refractivity contribution is 0.248. The molecular weight excluding hydrogens is 269 g/mol. The van der Waals surface area contributed by atoms with Gasteiger partial charge in [0, 0.05) is 24.8 Å². The lowest BCUT2D eigenvalue weighted by Gasteiger charge is -2.24. The molecule has 1 aliphatic rings. The summed E-state index contributed by atoms with van der Waals surface area (Å²) in [4.78, 5) is 5.72. The SMILES string of the molecule is CC(CNS(=O)(=O)c1ncccc1F)N(C)C1CC1. The van der Waals surface area contributed by atoms with Crippen molar-refractivity contribution in [3.05, 3.63) is 24.1 Å². The van der Waals surface area contributed by atoms with Crippen LogP contribution in [0.1, 0.15) is 19.8 Å². The Morgan fingerprint density at radius 2 is 2.26 bits per heavy atom. The molecule has 0 amide bonds. The summed E-state index contributed by atoms with van der Waals surface area (Å²) in [6.07, 6.45) is 3.57. The number of halogens is 1. The molecule has 1 aromatic rings. The first-order chi connectivity index (χ1) is 8.92. The average Bonchev–Trinajstić information content (AvgIpc) is 3.19. The van der Waals surface area contributed by atoms with E-state index >= 15 is 0 Å². The van der Waals surface area contributed by atoms with Crippen LogP contribution in [0.5, 0.6) is 0 Å². The van der Waals surface area contributed by atoms with E-state index in [1.165, 1.54) is 12.3 Å². The van der Waals surface area contributed by atoms with Crippen LogP contribution in [0.2, 0.25) is 0 Å². The molecule has 1 aliphatic carbocycles. The zero-order chi connectivity index (χ0) is 14.0. The molecule has 1 N–H and O–H groups in total. The molecule has 1 heterocycles. The molecule has 0 saturated heterocycles. The van der Waals surface area contributed by atoms with Gasteiger partial charge in [0.25, 0.3) is 10.0 Å². The van der Waals surface area contributed by atoms with Crippen LogP contribution in [0, 0.1) is 5.82 Å². The Kier molecular flexibility index (Phi) is 4.17. The van der Waals surface area contributed by atoms with Crippen molar-refractivity contribution >= 4 is 10.0 Å². The van der Waals surface area contributed by atoms with E-state index in [-0.39, 0.29) is 12.6 Å². The average molecular weight is 287 g/mol. The normalized spacial score (nSPS) is 17.7. The van der Waals surface area contributed by atoms with Crippen molar-refractivity contribution in [3.8, 4) is 0 Å². The fourth-order valence-corrected chi connectivity index (χ4v) is 2.98. The maximum absolute atomic E-state index is 13.4. The molecule has 1 atom stereocenters. The molecule has 1 fully saturated rings. The van der Waals surface area contributed by atoms with Gasteiger partial charge < -0.3 is 0 Å². The third kappa shape index (κ3) is 3.49. The first-order valence-corrected chi connectivity index (χ1v) is 7.72. The van der Waals surface area contributed by atoms with Crippen molar-refractivity contribution in [1.82, 2.24) is 14.6 Å². The molecule has 2 rings (SSSR count). The standard InChI is InChI=1S/C12H18FN3O2S/c1-9(16(2)10-5-6-10)8-15-19(17,18)12-11(13)4-3-7-14-12/h3-4,7,9-10,15H,5-6,8H2,1-2H3. The molecule has 19 heavy (non-hydrogen) atoms. The van der Waals surface area contributed by atoms with Gasteiger partial charge in [0.1, 0.15) is 0 Å². The third-order valence-corrected chi connectivity index (χ3v) is 4.72. The van der Waals surface area contributed by atoms with Crippen molar-refractivity contribution in [1.29, 1.82) is 0 Å². The fourth-order valence-electron chi connectivity index (χ4n) is 1.85. The summed E-state index contributed by atoms with van der Waals surface area (Å²) in [5, 5.41) is -0.545. The molecule has 0 radical (unpaired) electrons. The summed E-state index contributed by atoms with van der Waals surface area (Å²) in [6.45, 7) is 2.18. The molecule has 0 bridgehead atoms. The predicted octanol–water partition coefficient (Wildman–Crippen LogP) is 0.982. The van der Waals surface area contributed by atoms with E-state index in [9.17, 15) is 12.8 Å². The number of likely N-dealkylation sites (N-methyl/N-ethyl adjacent to an activating group) is 1. The number of pyridine rings is 1. The molecule has 0 spiro atoms. The zero-order valence-corrected chi connectivity index (χ0v) is 11.8. The number of rotatable bonds is 6. The quantitative estimate of drug-likeness (QED) is 0.847. The van der Waals surface area contributed by atoms with E-state index < -0.39 is 20.9 Å². The maximum Gasteiger partial charge on any atom is 0.261 e. The maximum atomic E-state index is 13.4. The Bertz CT molecular complexity index is 546. The minimum Gasteiger partial charge on any atom is -0.299 e. The highest BCUT2D eigenvalue weighted by atomic mass is 32.2. The smallest absolute Gasteiger partial charge is 0.261 e. The van der Waals surface area contributed by atoms with Gasteiger partial charge in [0.15, 0.2) is 5.82 Å². The highest BCUT2D eigenvalue weighted by Crippen LogP contribution is 2.26. The van der Waals surface area contributed by atoms with E-state index in [2.05, 4.69) is 14.6 Å². The third-order valence-electron chi connectivity index (χ3n) is 3.37. The van der Waals surface area contributed by atoms with Crippen LogP contribution < -0.4 is 4.72 Å². The van der Waals surface area contributed by atoms with Crippen LogP contribution in [-0.4, -0.2) is 44.0 Å². The second-order valence-electron chi connectivity index (χ2n) is 4.89. The topological polar surface area (TPSA) is 62.3 Å². The molecular formula is C12H18FN3O2S. The van der Waals surface area contributed by atoms with Crippen LogP contribution in [0.25, 0.3) is 0 Å². The summed E-state index contributed by atoms with van der Waals surface area (Å²) >= 11 is 0. The number of hydrogen-bond donors (Lipinski definition) is 1. The lowest BCUT2D eigenvalue weighted by Crippen LogP contribution is -2.41. The van der Waals surface area contributed by atoms with E-state index in [1.807, 2.05) is 14.0 Å². The van der Waals surface area contributed by atoms with E-state index in [0.29, 0.717) is 6.04 Å². The van der Waals surface area contributed by atoms with Gasteiger partial charge in [-0.3, -0.25) is 4.90 Å². The molecule has 1 unspecified atom stereocenters. The minimum absolute atomic E-state index is 0.0639. The Hall–Kier alpha value is -1.05. The van der Waals surface area contributed by atoms with Crippen molar-refractivity contribution in [3.63, 3.8) is 0 Å². The molecule has 106 valence electrons. The van der Waals surface area contributed by atoms with Crippen LogP contribution >= 0.6 is 0 Å². The number of aromatic nitrogens is 1. The Balaban J connectivity index is 2.00. The Morgan fingerprint density at radius 1 is 1.58 bits per heavy atom. The van der Waals surface area contributed by atoms with Crippen molar-refractivity contribution < 1.29 is 12.8 Å². The fraction of sp³-hybridized carbons (Fsp3) is 0.583. The van der Waals surface area contributed by atoms with Crippen LogP contribution in [0.3, 0.4) is 0 Å². The molecule has 0 aliphatic heterocycles. The lowest BCUT2D eigenvalue weighted by atomic mass is 10.3. The number of hydrogen-bond acceptors (Lipinski definition) is 4. The Morgan fingerprint density at radius 3 is 2.84 bits per heavy atom. The second kappa shape index (κ2) is 5.52. The second-order valence-corrected chi connectivity index (χ2v) is 6.57. The monoisotopic (exact) mass is 287 g/mol. The van der Waals surface area contributed by atoms with Crippen molar-refractivity contribution in [2.24, 2.45) is 0 Å². The summed E-state index contributed by atoms with van der Waals surface area (Å²) in [5.74, 6) is -0.835. The van der Waals surface area contributed by atoms with Gasteiger partial charge in [-0.1, -0.05) is 0 Å². The van der Waals surface area contributed by atoms with Gasteiger partial charge in [0.05, 0.1) is 0 Å². The molecule has 7 heteroatoms. The van der Waals surface area contributed by atoms with Crippen LogP contribution in [0.15, 0.2) is 23.4 Å². The van der Waals surface area contributed by atoms with Crippen molar-refractivity contribution in [2.75, 3.05) is 13.6 Å². The molecule has 1 saturated carbocycles. The number of nitrogens with zero attached hydrogens (tertiary/aromatic N) is 2. The van der Waals surface area contributed by atoms with Gasteiger partial charge in [0.2, 0.25) is 5.03 Å². The summed E-state index contributed by atoms with van der Waals surface area (Å²) in [7, 11) is -1.92. The van der Waals surface area contributed by atoms with Crippen LogP contribution in [-0.2, 0) is 10.0 Å². The summed E-state index contributed by atoms with van der Waals surface area (Å²) < 4.78 is 39.7. The first-order valence-electron chi connectivity index (χ1n) is 6.24. The molecule has 5 nitrogen and oxygen atoms in total. The highest BCUT2D eigenvalue weighted by Gasteiger charge is 2.30. The van der Waals surface area contributed by atoms with Gasteiger partial charge in [-0.25, -0.2) is 22.5 Å². The number of sulfonamides is 1. The van der Waals surface area contributed by atoms with Gasteiger partial charge in [-0.05, 0) is 38.9 Å². The van der Waals surface area contributed by atoms with E-state index in [1.54, 1.807) is 0 Å². The van der Waals surface area contributed by atoms with E-state index in [0.717, 1.165) is 18.9 Å². The summed E-state index contributed by atoms with van der Waals surface area (Å²) in [5.41, 5.74) is 0. The number of nitrogens with one attached hydrogen (secondary N) is 1. The van der Waals surface area contributed by atoms with Gasteiger partial charge >= 0.3 is 0 Å². The molecule has 0 aromatic carbocycles. The zero-order valence-electron chi connectivity index (χ0n) is 11.0. The largest absolute Gasteiger partial charge is 0.299 e. The van der Waals surface area contributed by atoms with Crippen molar-refractivity contribution in [2.45, 2.75) is 36.9 Å². The minimum atomic E-state index is -3.89. The van der Waals surface area contributed by atoms with Gasteiger partial charge in [-0.2, -0.15) is 0 Å². The predicted molar refractivity (Wildman–Crippen MR) is 69.6 cm³/mol. The Labute approximate surface area is 112 Å². The summed E-state index contributed by atoms with van der Waals surface area (Å²) in [6, 6.07) is 3.05. The highest BCUT2D eigenvalue weighted by molar-refractivity contribution is 7.89. The van der Waals surface area contributed by atoms with Crippen LogP contribution in [0.4, 0.5) is 4.39 Å².